The lowest BCUT2D eigenvalue weighted by Crippen LogP contribution is -2.45. The van der Waals surface area contributed by atoms with Gasteiger partial charge in [0, 0.05) is 34.6 Å². The molecule has 0 unspecified atom stereocenters. The lowest BCUT2D eigenvalue weighted by Gasteiger charge is -2.37. The highest BCUT2D eigenvalue weighted by molar-refractivity contribution is 9.10. The third-order valence-electron chi connectivity index (χ3n) is 7.23. The van der Waals surface area contributed by atoms with Gasteiger partial charge in [-0.25, -0.2) is 8.42 Å². The van der Waals surface area contributed by atoms with E-state index < -0.39 is 20.9 Å². The summed E-state index contributed by atoms with van der Waals surface area (Å²) < 4.78 is 34.9. The molecule has 0 N–H and O–H groups in total. The molecule has 2 heterocycles. The summed E-state index contributed by atoms with van der Waals surface area (Å²) in [7, 11) is -3.70. The Morgan fingerprint density at radius 1 is 1.22 bits per heavy atom. The van der Waals surface area contributed by atoms with Crippen LogP contribution < -0.4 is 0 Å². The monoisotopic (exact) mass is 516 g/mol. The number of nitrogens with zero attached hydrogens (tertiary/aromatic N) is 2. The molecule has 3 atom stereocenters. The van der Waals surface area contributed by atoms with Gasteiger partial charge in [-0.05, 0) is 62.1 Å². The van der Waals surface area contributed by atoms with E-state index in [2.05, 4.69) is 22.0 Å². The Kier molecular flexibility index (Phi) is 5.30. The molecule has 0 amide bonds. The minimum atomic E-state index is -3.70. The summed E-state index contributed by atoms with van der Waals surface area (Å²) in [6, 6.07) is 14.7. The van der Waals surface area contributed by atoms with E-state index in [0.717, 1.165) is 22.1 Å². The van der Waals surface area contributed by atoms with Crippen LogP contribution in [-0.2, 0) is 25.0 Å². The minimum absolute atomic E-state index is 0.243. The molecule has 32 heavy (non-hydrogen) atoms. The van der Waals surface area contributed by atoms with Crippen molar-refractivity contribution in [1.82, 2.24) is 4.31 Å². The summed E-state index contributed by atoms with van der Waals surface area (Å²) in [6.07, 6.45) is 4.01. The van der Waals surface area contributed by atoms with E-state index in [1.165, 1.54) is 0 Å². The number of sulfonamides is 1. The Morgan fingerprint density at radius 2 is 1.97 bits per heavy atom. The first kappa shape index (κ1) is 21.8. The number of carbonyl (C=O) groups excluding carboxylic acids is 1. The lowest BCUT2D eigenvalue weighted by molar-refractivity contribution is -0.146. The van der Waals surface area contributed by atoms with E-state index in [1.807, 2.05) is 24.4 Å². The van der Waals surface area contributed by atoms with Crippen LogP contribution in [0.25, 0.3) is 0 Å². The van der Waals surface area contributed by atoms with Gasteiger partial charge in [0.2, 0.25) is 10.0 Å². The second-order valence-corrected chi connectivity index (χ2v) is 11.7. The fourth-order valence-electron chi connectivity index (χ4n) is 5.61. The van der Waals surface area contributed by atoms with Crippen molar-refractivity contribution in [3.05, 3.63) is 58.6 Å². The molecule has 8 heteroatoms. The zero-order valence-corrected chi connectivity index (χ0v) is 20.2. The molecule has 3 aliphatic rings. The van der Waals surface area contributed by atoms with Crippen molar-refractivity contribution in [2.45, 2.75) is 36.5 Å². The molecule has 2 fully saturated rings. The zero-order valence-electron chi connectivity index (χ0n) is 17.8. The van der Waals surface area contributed by atoms with Crippen LogP contribution in [0.15, 0.2) is 62.9 Å². The van der Waals surface area contributed by atoms with Crippen molar-refractivity contribution in [3.63, 3.8) is 0 Å². The smallest absolute Gasteiger partial charge is 0.309 e. The molecule has 2 spiro atoms. The molecule has 1 saturated carbocycles. The van der Waals surface area contributed by atoms with Gasteiger partial charge in [0.05, 0.1) is 23.1 Å². The molecular formula is C24H25BrN2O4S. The van der Waals surface area contributed by atoms with Crippen molar-refractivity contribution in [2.24, 2.45) is 16.3 Å². The number of carbonyl (C=O) groups is 1. The third kappa shape index (κ3) is 3.18. The van der Waals surface area contributed by atoms with Gasteiger partial charge in [-0.2, -0.15) is 4.31 Å². The predicted octanol–water partition coefficient (Wildman–Crippen LogP) is 4.46. The van der Waals surface area contributed by atoms with Crippen molar-refractivity contribution >= 4 is 43.8 Å². The molecule has 1 saturated heterocycles. The molecule has 0 radical (unpaired) electrons. The number of aliphatic imine (C=N–C) groups is 1. The highest BCUT2D eigenvalue weighted by atomic mass is 79.9. The standard InChI is InChI=1S/C24H25BrN2O4S/c1-2-31-22(28)20-14-24(20)16-27(32(29,30)18-10-8-17(25)9-11-18)13-5-12-23(24)15-26-21-7-4-3-6-19(21)23/h3-4,6-11,15,20H,2,5,12-14,16H2,1H3/t20-,23+,24-/m1/s1. The maximum Gasteiger partial charge on any atom is 0.309 e. The van der Waals surface area contributed by atoms with Crippen LogP contribution in [0.1, 0.15) is 31.7 Å². The molecule has 2 aromatic carbocycles. The molecule has 2 aliphatic heterocycles. The number of esters is 1. The Balaban J connectivity index is 1.58. The first-order valence-corrected chi connectivity index (χ1v) is 13.1. The first-order valence-electron chi connectivity index (χ1n) is 10.9. The van der Waals surface area contributed by atoms with E-state index in [4.69, 9.17) is 9.73 Å². The molecule has 6 nitrogen and oxygen atoms in total. The number of hydrogen-bond donors (Lipinski definition) is 0. The van der Waals surface area contributed by atoms with E-state index >= 15 is 0 Å². The Bertz CT molecular complexity index is 1200. The van der Waals surface area contributed by atoms with E-state index in [1.54, 1.807) is 35.5 Å². The molecular weight excluding hydrogens is 492 g/mol. The maximum atomic E-state index is 13.6. The van der Waals surface area contributed by atoms with Crippen LogP contribution in [-0.4, -0.2) is 44.6 Å². The van der Waals surface area contributed by atoms with E-state index in [-0.39, 0.29) is 23.3 Å². The second kappa shape index (κ2) is 7.78. The zero-order chi connectivity index (χ0) is 22.6. The Hall–Kier alpha value is -2.03. The number of rotatable bonds is 4. The summed E-state index contributed by atoms with van der Waals surface area (Å²) in [5.74, 6) is -0.590. The average Bonchev–Trinajstić information content (AvgIpc) is 3.44. The van der Waals surface area contributed by atoms with Gasteiger partial charge in [-0.1, -0.05) is 34.1 Å². The van der Waals surface area contributed by atoms with Gasteiger partial charge in [0.15, 0.2) is 0 Å². The van der Waals surface area contributed by atoms with Crippen LogP contribution in [0.3, 0.4) is 0 Å². The van der Waals surface area contributed by atoms with Crippen LogP contribution in [0.2, 0.25) is 0 Å². The van der Waals surface area contributed by atoms with Gasteiger partial charge in [-0.3, -0.25) is 9.79 Å². The highest BCUT2D eigenvalue weighted by Gasteiger charge is 2.72. The van der Waals surface area contributed by atoms with Crippen molar-refractivity contribution in [1.29, 1.82) is 0 Å². The Labute approximate surface area is 196 Å². The van der Waals surface area contributed by atoms with Crippen molar-refractivity contribution in [2.75, 3.05) is 19.7 Å². The average molecular weight is 517 g/mol. The largest absolute Gasteiger partial charge is 0.466 e. The highest BCUT2D eigenvalue weighted by Crippen LogP contribution is 2.68. The number of halogens is 1. The van der Waals surface area contributed by atoms with Gasteiger partial charge < -0.3 is 4.74 Å². The summed E-state index contributed by atoms with van der Waals surface area (Å²) in [5, 5.41) is 0. The van der Waals surface area contributed by atoms with Crippen LogP contribution in [0.5, 0.6) is 0 Å². The SMILES string of the molecule is CCOC(=O)[C@H]1C[C@@]12CN(S(=O)(=O)c1ccc(Br)cc1)CCC[C@@]21C=Nc2ccccc21. The molecule has 0 aromatic heterocycles. The summed E-state index contributed by atoms with van der Waals surface area (Å²) in [6.45, 7) is 2.79. The number of fused-ring (bicyclic) bond motifs is 3. The van der Waals surface area contributed by atoms with Crippen molar-refractivity contribution < 1.29 is 17.9 Å². The number of hydrogen-bond acceptors (Lipinski definition) is 5. The number of ether oxygens (including phenoxy) is 1. The summed E-state index contributed by atoms with van der Waals surface area (Å²) in [4.78, 5) is 17.8. The van der Waals surface area contributed by atoms with Crippen LogP contribution >= 0.6 is 15.9 Å². The molecule has 2 aromatic rings. The number of para-hydroxylation sites is 1. The summed E-state index contributed by atoms with van der Waals surface area (Å²) >= 11 is 3.37. The fourth-order valence-corrected chi connectivity index (χ4v) is 7.42. The molecule has 5 rings (SSSR count). The van der Waals surface area contributed by atoms with Gasteiger partial charge >= 0.3 is 5.97 Å². The fraction of sp³-hybridized carbons (Fsp3) is 0.417. The van der Waals surface area contributed by atoms with Gasteiger partial charge in [0.25, 0.3) is 0 Å². The Morgan fingerprint density at radius 3 is 2.72 bits per heavy atom. The van der Waals surface area contributed by atoms with E-state index in [9.17, 15) is 13.2 Å². The minimum Gasteiger partial charge on any atom is -0.466 e. The first-order chi connectivity index (χ1) is 15.3. The van der Waals surface area contributed by atoms with Crippen LogP contribution in [0, 0.1) is 11.3 Å². The van der Waals surface area contributed by atoms with Crippen molar-refractivity contribution in [3.8, 4) is 0 Å². The quantitative estimate of drug-likeness (QED) is 0.562. The maximum absolute atomic E-state index is 13.6. The normalized spacial score (nSPS) is 29.1. The summed E-state index contributed by atoms with van der Waals surface area (Å²) in [5.41, 5.74) is 0.972. The lowest BCUT2D eigenvalue weighted by atomic mass is 9.66. The molecule has 168 valence electrons. The van der Waals surface area contributed by atoms with Gasteiger partial charge in [0.1, 0.15) is 0 Å². The van der Waals surface area contributed by atoms with E-state index in [0.29, 0.717) is 26.0 Å². The van der Waals surface area contributed by atoms with Crippen LogP contribution in [0.4, 0.5) is 5.69 Å². The third-order valence-corrected chi connectivity index (χ3v) is 9.62. The molecule has 1 aliphatic carbocycles. The molecule has 0 bridgehead atoms. The second-order valence-electron chi connectivity index (χ2n) is 8.81. The van der Waals surface area contributed by atoms with Gasteiger partial charge in [-0.15, -0.1) is 0 Å². The topological polar surface area (TPSA) is 76.0 Å². The number of benzene rings is 2. The predicted molar refractivity (Wildman–Crippen MR) is 126 cm³/mol.